The molecule has 1 amide bonds. The zero-order valence-electron chi connectivity index (χ0n) is 13.3. The number of benzene rings is 2. The SMILES string of the molecule is CC(=O)Nc1nc2cc(NS(=O)(=O)c3cccc4nsnc34)ccc2s1. The molecule has 0 unspecified atom stereocenters. The van der Waals surface area contributed by atoms with Crippen molar-refractivity contribution in [3.63, 3.8) is 0 Å². The first-order valence-electron chi connectivity index (χ1n) is 7.35. The zero-order valence-corrected chi connectivity index (χ0v) is 15.7. The average Bonchev–Trinajstić information content (AvgIpc) is 3.18. The van der Waals surface area contributed by atoms with Crippen LogP contribution in [0.3, 0.4) is 0 Å². The monoisotopic (exact) mass is 405 g/mol. The van der Waals surface area contributed by atoms with Crippen molar-refractivity contribution >= 4 is 71.1 Å². The van der Waals surface area contributed by atoms with E-state index < -0.39 is 10.0 Å². The van der Waals surface area contributed by atoms with Gasteiger partial charge in [-0.05, 0) is 30.3 Å². The van der Waals surface area contributed by atoms with Crippen molar-refractivity contribution < 1.29 is 13.2 Å². The van der Waals surface area contributed by atoms with Crippen LogP contribution in [0, 0.1) is 0 Å². The molecule has 0 aliphatic carbocycles. The van der Waals surface area contributed by atoms with E-state index >= 15 is 0 Å². The van der Waals surface area contributed by atoms with Gasteiger partial charge in [-0.2, -0.15) is 8.75 Å². The molecule has 2 aromatic heterocycles. The van der Waals surface area contributed by atoms with E-state index in [0.717, 1.165) is 16.4 Å². The van der Waals surface area contributed by atoms with Gasteiger partial charge in [0.1, 0.15) is 15.9 Å². The van der Waals surface area contributed by atoms with Gasteiger partial charge in [0.15, 0.2) is 5.13 Å². The van der Waals surface area contributed by atoms with Crippen LogP contribution in [0.25, 0.3) is 21.3 Å². The molecular formula is C15H11N5O3S3. The molecule has 0 aliphatic heterocycles. The number of hydrogen-bond donors (Lipinski definition) is 2. The van der Waals surface area contributed by atoms with Gasteiger partial charge in [0.05, 0.1) is 27.6 Å². The van der Waals surface area contributed by atoms with E-state index in [2.05, 4.69) is 23.8 Å². The van der Waals surface area contributed by atoms with Gasteiger partial charge in [-0.15, -0.1) is 0 Å². The van der Waals surface area contributed by atoms with Crippen molar-refractivity contribution in [2.24, 2.45) is 0 Å². The highest BCUT2D eigenvalue weighted by molar-refractivity contribution is 7.93. The molecule has 0 aliphatic rings. The quantitative estimate of drug-likeness (QED) is 0.539. The summed E-state index contributed by atoms with van der Waals surface area (Å²) in [5, 5.41) is 3.08. The standard InChI is InChI=1S/C15H11N5O3S3/c1-8(21)16-15-17-11-7-9(5-6-12(11)24-15)20-26(22,23)13-4-2-3-10-14(13)19-25-18-10/h2-7,20H,1H3,(H,16,17,21). The molecule has 8 nitrogen and oxygen atoms in total. The Morgan fingerprint density at radius 1 is 1.12 bits per heavy atom. The highest BCUT2D eigenvalue weighted by Crippen LogP contribution is 2.29. The Bertz CT molecular complexity index is 1250. The molecule has 0 radical (unpaired) electrons. The number of hydrogen-bond acceptors (Lipinski definition) is 8. The van der Waals surface area contributed by atoms with E-state index in [-0.39, 0.29) is 10.8 Å². The molecule has 0 saturated carbocycles. The largest absolute Gasteiger partial charge is 0.302 e. The Morgan fingerprint density at radius 2 is 1.96 bits per heavy atom. The molecule has 26 heavy (non-hydrogen) atoms. The average molecular weight is 405 g/mol. The maximum Gasteiger partial charge on any atom is 0.264 e. The summed E-state index contributed by atoms with van der Waals surface area (Å²) in [6.45, 7) is 1.40. The molecule has 0 saturated heterocycles. The zero-order chi connectivity index (χ0) is 18.3. The number of rotatable bonds is 4. The number of amides is 1. The molecule has 2 N–H and O–H groups in total. The number of fused-ring (bicyclic) bond motifs is 2. The molecule has 2 heterocycles. The van der Waals surface area contributed by atoms with E-state index in [9.17, 15) is 13.2 Å². The summed E-state index contributed by atoms with van der Waals surface area (Å²) >= 11 is 2.28. The van der Waals surface area contributed by atoms with Crippen molar-refractivity contribution in [2.75, 3.05) is 10.0 Å². The van der Waals surface area contributed by atoms with Crippen LogP contribution >= 0.6 is 23.1 Å². The molecule has 0 bridgehead atoms. The van der Waals surface area contributed by atoms with E-state index in [1.807, 2.05) is 0 Å². The summed E-state index contributed by atoms with van der Waals surface area (Å²) in [6, 6.07) is 9.84. The Morgan fingerprint density at radius 3 is 2.77 bits per heavy atom. The number of anilines is 2. The highest BCUT2D eigenvalue weighted by atomic mass is 32.2. The minimum Gasteiger partial charge on any atom is -0.302 e. The summed E-state index contributed by atoms with van der Waals surface area (Å²) in [5.74, 6) is -0.213. The van der Waals surface area contributed by atoms with Gasteiger partial charge < -0.3 is 5.32 Å². The number of nitrogens with one attached hydrogen (secondary N) is 2. The fraction of sp³-hybridized carbons (Fsp3) is 0.0667. The van der Waals surface area contributed by atoms with Gasteiger partial charge in [-0.25, -0.2) is 13.4 Å². The summed E-state index contributed by atoms with van der Waals surface area (Å²) in [6.07, 6.45) is 0. The fourth-order valence-corrected chi connectivity index (χ4v) is 5.11. The number of thiazole rings is 1. The van der Waals surface area contributed by atoms with E-state index in [4.69, 9.17) is 0 Å². The third kappa shape index (κ3) is 3.11. The molecule has 0 atom stereocenters. The summed E-state index contributed by atoms with van der Waals surface area (Å²) in [4.78, 5) is 15.5. The number of carbonyl (C=O) groups excluding carboxylic acids is 1. The van der Waals surface area contributed by atoms with Gasteiger partial charge in [-0.1, -0.05) is 17.4 Å². The van der Waals surface area contributed by atoms with Crippen molar-refractivity contribution in [3.8, 4) is 0 Å². The Labute approximate surface area is 156 Å². The van der Waals surface area contributed by atoms with Crippen LogP contribution in [-0.2, 0) is 14.8 Å². The summed E-state index contributed by atoms with van der Waals surface area (Å²) in [5.41, 5.74) is 1.84. The number of aromatic nitrogens is 3. The predicted molar refractivity (Wildman–Crippen MR) is 102 cm³/mol. The van der Waals surface area contributed by atoms with Crippen LogP contribution < -0.4 is 10.0 Å². The van der Waals surface area contributed by atoms with Crippen LogP contribution in [0.2, 0.25) is 0 Å². The summed E-state index contributed by atoms with van der Waals surface area (Å²) < 4.78 is 37.0. The van der Waals surface area contributed by atoms with E-state index in [1.54, 1.807) is 30.3 Å². The van der Waals surface area contributed by atoms with Crippen LogP contribution in [0.1, 0.15) is 6.92 Å². The topological polar surface area (TPSA) is 114 Å². The van der Waals surface area contributed by atoms with Gasteiger partial charge in [0.25, 0.3) is 10.0 Å². The molecule has 4 rings (SSSR count). The van der Waals surface area contributed by atoms with Gasteiger partial charge in [-0.3, -0.25) is 9.52 Å². The van der Waals surface area contributed by atoms with Gasteiger partial charge in [0, 0.05) is 6.92 Å². The first-order valence-corrected chi connectivity index (χ1v) is 10.4. The van der Waals surface area contributed by atoms with Gasteiger partial charge >= 0.3 is 0 Å². The Balaban J connectivity index is 1.69. The molecule has 4 aromatic rings. The molecule has 0 fully saturated rings. The normalized spacial score (nSPS) is 11.7. The molecule has 11 heteroatoms. The Hall–Kier alpha value is -2.63. The lowest BCUT2D eigenvalue weighted by Gasteiger charge is -2.08. The highest BCUT2D eigenvalue weighted by Gasteiger charge is 2.20. The van der Waals surface area contributed by atoms with Crippen LogP contribution in [0.15, 0.2) is 41.3 Å². The minimum atomic E-state index is -3.83. The molecule has 132 valence electrons. The lowest BCUT2D eigenvalue weighted by Crippen LogP contribution is -2.13. The van der Waals surface area contributed by atoms with E-state index in [0.29, 0.717) is 27.4 Å². The maximum absolute atomic E-state index is 12.8. The molecular weight excluding hydrogens is 394 g/mol. The second-order valence-corrected chi connectivity index (χ2v) is 8.59. The fourth-order valence-electron chi connectivity index (χ4n) is 2.40. The van der Waals surface area contributed by atoms with Crippen molar-refractivity contribution in [1.82, 2.24) is 13.7 Å². The number of carbonyl (C=O) groups is 1. The third-order valence-electron chi connectivity index (χ3n) is 3.46. The predicted octanol–water partition coefficient (Wildman–Crippen LogP) is 3.06. The van der Waals surface area contributed by atoms with Gasteiger partial charge in [0.2, 0.25) is 5.91 Å². The summed E-state index contributed by atoms with van der Waals surface area (Å²) in [7, 11) is -3.83. The van der Waals surface area contributed by atoms with Crippen molar-refractivity contribution in [2.45, 2.75) is 11.8 Å². The second kappa shape index (κ2) is 6.27. The second-order valence-electron chi connectivity index (χ2n) is 5.38. The molecule has 2 aromatic carbocycles. The number of nitrogens with zero attached hydrogens (tertiary/aromatic N) is 3. The minimum absolute atomic E-state index is 0.0704. The van der Waals surface area contributed by atoms with Crippen molar-refractivity contribution in [1.29, 1.82) is 0 Å². The van der Waals surface area contributed by atoms with E-state index in [1.165, 1.54) is 24.3 Å². The third-order valence-corrected chi connectivity index (χ3v) is 6.37. The van der Waals surface area contributed by atoms with Crippen LogP contribution in [0.5, 0.6) is 0 Å². The maximum atomic E-state index is 12.8. The lowest BCUT2D eigenvalue weighted by atomic mass is 10.3. The van der Waals surface area contributed by atoms with Crippen LogP contribution in [0.4, 0.5) is 10.8 Å². The first kappa shape index (κ1) is 16.8. The first-order chi connectivity index (χ1) is 12.4. The lowest BCUT2D eigenvalue weighted by molar-refractivity contribution is -0.114. The molecule has 0 spiro atoms. The van der Waals surface area contributed by atoms with Crippen molar-refractivity contribution in [3.05, 3.63) is 36.4 Å². The van der Waals surface area contributed by atoms with Crippen LogP contribution in [-0.4, -0.2) is 28.1 Å². The smallest absolute Gasteiger partial charge is 0.264 e. The Kier molecular flexibility index (Phi) is 4.05. The number of sulfonamides is 1.